The van der Waals surface area contributed by atoms with Crippen LogP contribution in [0.4, 0.5) is 0 Å². The van der Waals surface area contributed by atoms with Gasteiger partial charge in [-0.3, -0.25) is 0 Å². The van der Waals surface area contributed by atoms with E-state index in [0.717, 1.165) is 6.04 Å². The standard InChI is InChI=1S/C10H22N2/c1-4-9(2)11-8-10-6-5-7-12(10)3/h9-11H,4-8H2,1-3H3. The van der Waals surface area contributed by atoms with Gasteiger partial charge in [0.05, 0.1) is 0 Å². The Labute approximate surface area is 76.3 Å². The third-order valence-corrected chi connectivity index (χ3v) is 2.99. The summed E-state index contributed by atoms with van der Waals surface area (Å²) < 4.78 is 0. The molecule has 0 aromatic heterocycles. The van der Waals surface area contributed by atoms with Gasteiger partial charge in [0, 0.05) is 18.6 Å². The zero-order chi connectivity index (χ0) is 8.97. The van der Waals surface area contributed by atoms with Gasteiger partial charge in [0.25, 0.3) is 0 Å². The van der Waals surface area contributed by atoms with Crippen LogP contribution in [0.15, 0.2) is 0 Å². The number of hydrogen-bond donors (Lipinski definition) is 1. The van der Waals surface area contributed by atoms with Gasteiger partial charge in [-0.2, -0.15) is 0 Å². The van der Waals surface area contributed by atoms with E-state index >= 15 is 0 Å². The Morgan fingerprint density at radius 3 is 2.83 bits per heavy atom. The quantitative estimate of drug-likeness (QED) is 0.687. The van der Waals surface area contributed by atoms with Crippen molar-refractivity contribution in [2.45, 2.75) is 45.2 Å². The van der Waals surface area contributed by atoms with E-state index < -0.39 is 0 Å². The summed E-state index contributed by atoms with van der Waals surface area (Å²) in [7, 11) is 2.23. The van der Waals surface area contributed by atoms with Crippen molar-refractivity contribution < 1.29 is 0 Å². The maximum Gasteiger partial charge on any atom is 0.0218 e. The minimum absolute atomic E-state index is 0.680. The molecular formula is C10H22N2. The first-order valence-corrected chi connectivity index (χ1v) is 5.17. The van der Waals surface area contributed by atoms with Crippen LogP contribution in [0, 0.1) is 0 Å². The zero-order valence-corrected chi connectivity index (χ0v) is 8.64. The fourth-order valence-corrected chi connectivity index (χ4v) is 1.72. The third-order valence-electron chi connectivity index (χ3n) is 2.99. The minimum Gasteiger partial charge on any atom is -0.313 e. The number of likely N-dealkylation sites (tertiary alicyclic amines) is 1. The number of nitrogens with one attached hydrogen (secondary N) is 1. The molecule has 0 spiro atoms. The maximum atomic E-state index is 3.56. The predicted octanol–water partition coefficient (Wildman–Crippen LogP) is 1.47. The normalized spacial score (nSPS) is 27.8. The van der Waals surface area contributed by atoms with Gasteiger partial charge in [-0.25, -0.2) is 0 Å². The summed E-state index contributed by atoms with van der Waals surface area (Å²) >= 11 is 0. The van der Waals surface area contributed by atoms with Crippen LogP contribution >= 0.6 is 0 Å². The second kappa shape index (κ2) is 4.83. The van der Waals surface area contributed by atoms with Gasteiger partial charge >= 0.3 is 0 Å². The van der Waals surface area contributed by atoms with E-state index in [1.54, 1.807) is 0 Å². The monoisotopic (exact) mass is 170 g/mol. The molecule has 0 saturated carbocycles. The molecule has 1 aliphatic rings. The molecule has 1 fully saturated rings. The molecule has 0 amide bonds. The molecular weight excluding hydrogens is 148 g/mol. The van der Waals surface area contributed by atoms with Gasteiger partial charge in [-0.1, -0.05) is 6.92 Å². The molecule has 0 aromatic carbocycles. The summed E-state index contributed by atoms with van der Waals surface area (Å²) in [6, 6.07) is 1.47. The Balaban J connectivity index is 2.13. The van der Waals surface area contributed by atoms with Crippen LogP contribution in [0.5, 0.6) is 0 Å². The highest BCUT2D eigenvalue weighted by Gasteiger charge is 2.20. The largest absolute Gasteiger partial charge is 0.313 e. The van der Waals surface area contributed by atoms with Crippen molar-refractivity contribution in [3.8, 4) is 0 Å². The fraction of sp³-hybridized carbons (Fsp3) is 1.00. The topological polar surface area (TPSA) is 15.3 Å². The Kier molecular flexibility index (Phi) is 4.02. The summed E-state index contributed by atoms with van der Waals surface area (Å²) in [5.41, 5.74) is 0. The maximum absolute atomic E-state index is 3.56. The summed E-state index contributed by atoms with van der Waals surface area (Å²) in [5.74, 6) is 0. The SMILES string of the molecule is CCC(C)NCC1CCCN1C. The summed E-state index contributed by atoms with van der Waals surface area (Å²) in [6.07, 6.45) is 3.99. The van der Waals surface area contributed by atoms with Crippen LogP contribution in [-0.4, -0.2) is 37.1 Å². The molecule has 2 unspecified atom stereocenters. The molecule has 0 radical (unpaired) electrons. The van der Waals surface area contributed by atoms with Crippen LogP contribution in [0.3, 0.4) is 0 Å². The zero-order valence-electron chi connectivity index (χ0n) is 8.64. The van der Waals surface area contributed by atoms with Crippen molar-refractivity contribution in [1.82, 2.24) is 10.2 Å². The molecule has 1 rings (SSSR count). The van der Waals surface area contributed by atoms with E-state index in [2.05, 4.69) is 31.1 Å². The lowest BCUT2D eigenvalue weighted by Gasteiger charge is -2.21. The van der Waals surface area contributed by atoms with E-state index in [4.69, 9.17) is 0 Å². The molecule has 0 aromatic rings. The first-order chi connectivity index (χ1) is 5.74. The summed E-state index contributed by atoms with van der Waals surface area (Å²) in [6.45, 7) is 6.95. The second-order valence-corrected chi connectivity index (χ2v) is 3.99. The molecule has 1 heterocycles. The van der Waals surface area contributed by atoms with Crippen LogP contribution in [-0.2, 0) is 0 Å². The molecule has 0 bridgehead atoms. The fourth-order valence-electron chi connectivity index (χ4n) is 1.72. The molecule has 2 heteroatoms. The van der Waals surface area contributed by atoms with E-state index in [1.807, 2.05) is 0 Å². The van der Waals surface area contributed by atoms with Crippen molar-refractivity contribution in [3.63, 3.8) is 0 Å². The average Bonchev–Trinajstić information content (AvgIpc) is 2.47. The lowest BCUT2D eigenvalue weighted by molar-refractivity contribution is 0.292. The smallest absolute Gasteiger partial charge is 0.0218 e. The van der Waals surface area contributed by atoms with Gasteiger partial charge in [-0.05, 0) is 39.8 Å². The second-order valence-electron chi connectivity index (χ2n) is 3.99. The Morgan fingerprint density at radius 1 is 1.58 bits per heavy atom. The molecule has 1 saturated heterocycles. The minimum atomic E-state index is 0.680. The molecule has 0 aliphatic carbocycles. The third kappa shape index (κ3) is 2.76. The van der Waals surface area contributed by atoms with E-state index in [-0.39, 0.29) is 0 Å². The summed E-state index contributed by atoms with van der Waals surface area (Å²) in [4.78, 5) is 2.47. The average molecular weight is 170 g/mol. The number of hydrogen-bond acceptors (Lipinski definition) is 2. The molecule has 72 valence electrons. The number of likely N-dealkylation sites (N-methyl/N-ethyl adjacent to an activating group) is 1. The highest BCUT2D eigenvalue weighted by Crippen LogP contribution is 2.13. The molecule has 1 N–H and O–H groups in total. The van der Waals surface area contributed by atoms with Crippen LogP contribution in [0.1, 0.15) is 33.1 Å². The molecule has 2 nitrogen and oxygen atoms in total. The lowest BCUT2D eigenvalue weighted by Crippen LogP contribution is -2.38. The van der Waals surface area contributed by atoms with Crippen molar-refractivity contribution in [2.75, 3.05) is 20.1 Å². The summed E-state index contributed by atoms with van der Waals surface area (Å²) in [5, 5.41) is 3.56. The van der Waals surface area contributed by atoms with Crippen LogP contribution < -0.4 is 5.32 Å². The van der Waals surface area contributed by atoms with Gasteiger partial charge in [0.2, 0.25) is 0 Å². The Bertz CT molecular complexity index is 125. The van der Waals surface area contributed by atoms with Crippen LogP contribution in [0.25, 0.3) is 0 Å². The number of rotatable bonds is 4. The first-order valence-electron chi connectivity index (χ1n) is 5.17. The molecule has 12 heavy (non-hydrogen) atoms. The molecule has 1 aliphatic heterocycles. The first kappa shape index (κ1) is 10.0. The van der Waals surface area contributed by atoms with Gasteiger partial charge in [0.1, 0.15) is 0 Å². The number of nitrogens with zero attached hydrogens (tertiary/aromatic N) is 1. The van der Waals surface area contributed by atoms with Crippen molar-refractivity contribution >= 4 is 0 Å². The van der Waals surface area contributed by atoms with Crippen molar-refractivity contribution in [2.24, 2.45) is 0 Å². The Morgan fingerprint density at radius 2 is 2.33 bits per heavy atom. The molecule has 2 atom stereocenters. The van der Waals surface area contributed by atoms with Crippen molar-refractivity contribution in [3.05, 3.63) is 0 Å². The van der Waals surface area contributed by atoms with Gasteiger partial charge in [0.15, 0.2) is 0 Å². The Hall–Kier alpha value is -0.0800. The van der Waals surface area contributed by atoms with Crippen LogP contribution in [0.2, 0.25) is 0 Å². The van der Waals surface area contributed by atoms with E-state index in [0.29, 0.717) is 6.04 Å². The highest BCUT2D eigenvalue weighted by atomic mass is 15.2. The van der Waals surface area contributed by atoms with E-state index in [9.17, 15) is 0 Å². The highest BCUT2D eigenvalue weighted by molar-refractivity contribution is 4.78. The lowest BCUT2D eigenvalue weighted by atomic mass is 10.2. The van der Waals surface area contributed by atoms with E-state index in [1.165, 1.54) is 32.4 Å². The van der Waals surface area contributed by atoms with Crippen molar-refractivity contribution in [1.29, 1.82) is 0 Å². The predicted molar refractivity (Wildman–Crippen MR) is 53.4 cm³/mol. The van der Waals surface area contributed by atoms with Gasteiger partial charge < -0.3 is 10.2 Å². The van der Waals surface area contributed by atoms with Gasteiger partial charge in [-0.15, -0.1) is 0 Å².